The lowest BCUT2D eigenvalue weighted by molar-refractivity contribution is 0.0185. The summed E-state index contributed by atoms with van der Waals surface area (Å²) in [5.74, 6) is 0. The summed E-state index contributed by atoms with van der Waals surface area (Å²) in [6.07, 6.45) is 0.933. The molecular formula is C14H23ClN2O. The molecule has 0 aliphatic carbocycles. The summed E-state index contributed by atoms with van der Waals surface area (Å²) >= 11 is 6.21. The van der Waals surface area contributed by atoms with Gasteiger partial charge in [-0.3, -0.25) is 0 Å². The van der Waals surface area contributed by atoms with Gasteiger partial charge in [-0.1, -0.05) is 17.7 Å². The fourth-order valence-electron chi connectivity index (χ4n) is 1.71. The molecule has 18 heavy (non-hydrogen) atoms. The van der Waals surface area contributed by atoms with Crippen molar-refractivity contribution in [2.75, 3.05) is 38.0 Å². The van der Waals surface area contributed by atoms with Crippen molar-refractivity contribution < 1.29 is 4.74 Å². The number of para-hydroxylation sites is 1. The normalized spacial score (nSPS) is 11.4. The molecule has 4 heteroatoms. The number of benzene rings is 1. The Hall–Kier alpha value is -0.930. The maximum atomic E-state index is 6.21. The Morgan fingerprint density at radius 1 is 1.33 bits per heavy atom. The van der Waals surface area contributed by atoms with E-state index in [2.05, 4.69) is 19.2 Å². The van der Waals surface area contributed by atoms with E-state index in [9.17, 15) is 0 Å². The first kappa shape index (κ1) is 15.1. The molecule has 102 valence electrons. The Kier molecular flexibility index (Phi) is 5.29. The number of hydrogen-bond acceptors (Lipinski definition) is 3. The number of ether oxygens (including phenoxy) is 1. The van der Waals surface area contributed by atoms with E-state index in [-0.39, 0.29) is 5.60 Å². The Morgan fingerprint density at radius 3 is 2.56 bits per heavy atom. The van der Waals surface area contributed by atoms with Crippen LogP contribution in [0.1, 0.15) is 20.3 Å². The van der Waals surface area contributed by atoms with Crippen LogP contribution < -0.4 is 10.2 Å². The molecule has 0 aliphatic rings. The monoisotopic (exact) mass is 270 g/mol. The van der Waals surface area contributed by atoms with Crippen molar-refractivity contribution in [3.8, 4) is 0 Å². The van der Waals surface area contributed by atoms with Crippen LogP contribution in [0.4, 0.5) is 11.4 Å². The van der Waals surface area contributed by atoms with Crippen molar-refractivity contribution in [1.82, 2.24) is 0 Å². The molecule has 0 saturated heterocycles. The van der Waals surface area contributed by atoms with E-state index in [0.717, 1.165) is 29.4 Å². The number of halogens is 1. The molecular weight excluding hydrogens is 248 g/mol. The summed E-state index contributed by atoms with van der Waals surface area (Å²) in [5, 5.41) is 4.18. The second-order valence-corrected chi connectivity index (χ2v) is 5.58. The summed E-state index contributed by atoms with van der Waals surface area (Å²) in [6.45, 7) is 5.01. The van der Waals surface area contributed by atoms with E-state index in [0.29, 0.717) is 0 Å². The molecule has 0 spiro atoms. The van der Waals surface area contributed by atoms with Gasteiger partial charge in [-0.2, -0.15) is 0 Å². The highest BCUT2D eigenvalue weighted by Crippen LogP contribution is 2.32. The molecule has 0 fully saturated rings. The molecule has 0 atom stereocenters. The average Bonchev–Trinajstić information content (AvgIpc) is 2.28. The third kappa shape index (κ3) is 4.07. The standard InChI is InChI=1S/C14H23ClN2O/c1-14(2,18-5)9-10-16-12-8-6-7-11(15)13(12)17(3)4/h6-8,16H,9-10H2,1-5H3. The Morgan fingerprint density at radius 2 is 2.00 bits per heavy atom. The predicted octanol–water partition coefficient (Wildman–Crippen LogP) is 3.63. The first-order chi connectivity index (χ1) is 8.37. The van der Waals surface area contributed by atoms with Gasteiger partial charge in [-0.25, -0.2) is 0 Å². The lowest BCUT2D eigenvalue weighted by atomic mass is 10.1. The van der Waals surface area contributed by atoms with Crippen LogP contribution in [-0.2, 0) is 4.74 Å². The molecule has 0 amide bonds. The molecule has 0 aromatic heterocycles. The second kappa shape index (κ2) is 6.30. The Labute approximate surface area is 115 Å². The third-order valence-corrected chi connectivity index (χ3v) is 3.33. The topological polar surface area (TPSA) is 24.5 Å². The molecule has 3 nitrogen and oxygen atoms in total. The van der Waals surface area contributed by atoms with Gasteiger partial charge in [0.25, 0.3) is 0 Å². The Bertz CT molecular complexity index is 391. The largest absolute Gasteiger partial charge is 0.383 e. The van der Waals surface area contributed by atoms with E-state index in [1.165, 1.54) is 0 Å². The third-order valence-electron chi connectivity index (χ3n) is 3.03. The minimum Gasteiger partial charge on any atom is -0.383 e. The SMILES string of the molecule is COC(C)(C)CCNc1cccc(Cl)c1N(C)C. The van der Waals surface area contributed by atoms with E-state index >= 15 is 0 Å². The highest BCUT2D eigenvalue weighted by atomic mass is 35.5. The van der Waals surface area contributed by atoms with Crippen LogP contribution in [0.5, 0.6) is 0 Å². The number of methoxy groups -OCH3 is 1. The average molecular weight is 271 g/mol. The molecule has 0 saturated carbocycles. The molecule has 0 unspecified atom stereocenters. The Balaban J connectivity index is 2.71. The molecule has 0 radical (unpaired) electrons. The minimum atomic E-state index is -0.107. The van der Waals surface area contributed by atoms with Crippen molar-refractivity contribution in [3.05, 3.63) is 23.2 Å². The van der Waals surface area contributed by atoms with Gasteiger partial charge in [-0.15, -0.1) is 0 Å². The smallest absolute Gasteiger partial charge is 0.0786 e. The zero-order chi connectivity index (χ0) is 13.8. The van der Waals surface area contributed by atoms with Gasteiger partial charge < -0.3 is 15.0 Å². The van der Waals surface area contributed by atoms with Crippen molar-refractivity contribution in [3.63, 3.8) is 0 Å². The van der Waals surface area contributed by atoms with Crippen molar-refractivity contribution >= 4 is 23.0 Å². The van der Waals surface area contributed by atoms with Crippen LogP contribution in [0.25, 0.3) is 0 Å². The molecule has 1 aromatic carbocycles. The summed E-state index contributed by atoms with van der Waals surface area (Å²) < 4.78 is 5.40. The van der Waals surface area contributed by atoms with E-state index in [1.807, 2.05) is 37.2 Å². The van der Waals surface area contributed by atoms with Gasteiger partial charge in [0.05, 0.1) is 22.0 Å². The van der Waals surface area contributed by atoms with E-state index in [1.54, 1.807) is 7.11 Å². The lowest BCUT2D eigenvalue weighted by Gasteiger charge is -2.24. The van der Waals surface area contributed by atoms with Gasteiger partial charge in [0.15, 0.2) is 0 Å². The maximum absolute atomic E-state index is 6.21. The maximum Gasteiger partial charge on any atom is 0.0786 e. The van der Waals surface area contributed by atoms with Gasteiger partial charge in [0.1, 0.15) is 0 Å². The van der Waals surface area contributed by atoms with E-state index < -0.39 is 0 Å². The number of hydrogen-bond donors (Lipinski definition) is 1. The predicted molar refractivity (Wildman–Crippen MR) is 80.0 cm³/mol. The van der Waals surface area contributed by atoms with Gasteiger partial charge in [0.2, 0.25) is 0 Å². The lowest BCUT2D eigenvalue weighted by Crippen LogP contribution is -2.26. The van der Waals surface area contributed by atoms with Gasteiger partial charge in [-0.05, 0) is 32.4 Å². The number of anilines is 2. The van der Waals surface area contributed by atoms with Crippen LogP contribution in [0, 0.1) is 0 Å². The van der Waals surface area contributed by atoms with Crippen LogP contribution in [0.2, 0.25) is 5.02 Å². The number of rotatable bonds is 6. The number of nitrogens with one attached hydrogen (secondary N) is 1. The van der Waals surface area contributed by atoms with Crippen LogP contribution in [-0.4, -0.2) is 33.4 Å². The summed E-state index contributed by atoms with van der Waals surface area (Å²) in [6, 6.07) is 5.90. The van der Waals surface area contributed by atoms with E-state index in [4.69, 9.17) is 16.3 Å². The molecule has 0 bridgehead atoms. The molecule has 1 rings (SSSR count). The second-order valence-electron chi connectivity index (χ2n) is 5.17. The summed E-state index contributed by atoms with van der Waals surface area (Å²) in [4.78, 5) is 2.02. The first-order valence-electron chi connectivity index (χ1n) is 6.12. The fourth-order valence-corrected chi connectivity index (χ4v) is 2.06. The van der Waals surface area contributed by atoms with Crippen molar-refractivity contribution in [1.29, 1.82) is 0 Å². The number of nitrogens with zero attached hydrogens (tertiary/aromatic N) is 1. The molecule has 1 aromatic rings. The molecule has 0 aliphatic heterocycles. The van der Waals surface area contributed by atoms with Crippen LogP contribution in [0.15, 0.2) is 18.2 Å². The van der Waals surface area contributed by atoms with Gasteiger partial charge in [0, 0.05) is 27.7 Å². The molecule has 0 heterocycles. The van der Waals surface area contributed by atoms with Crippen molar-refractivity contribution in [2.24, 2.45) is 0 Å². The highest BCUT2D eigenvalue weighted by Gasteiger charge is 2.16. The minimum absolute atomic E-state index is 0.107. The van der Waals surface area contributed by atoms with Crippen LogP contribution in [0.3, 0.4) is 0 Å². The van der Waals surface area contributed by atoms with Crippen LogP contribution >= 0.6 is 11.6 Å². The summed E-state index contributed by atoms with van der Waals surface area (Å²) in [5.41, 5.74) is 1.97. The van der Waals surface area contributed by atoms with Crippen molar-refractivity contribution in [2.45, 2.75) is 25.9 Å². The summed E-state index contributed by atoms with van der Waals surface area (Å²) in [7, 11) is 5.72. The fraction of sp³-hybridized carbons (Fsp3) is 0.571. The molecule has 1 N–H and O–H groups in total. The zero-order valence-electron chi connectivity index (χ0n) is 11.9. The first-order valence-corrected chi connectivity index (χ1v) is 6.50. The van der Waals surface area contributed by atoms with Gasteiger partial charge >= 0.3 is 0 Å². The zero-order valence-corrected chi connectivity index (χ0v) is 12.6. The highest BCUT2D eigenvalue weighted by molar-refractivity contribution is 6.34. The quantitative estimate of drug-likeness (QED) is 0.854.